The van der Waals surface area contributed by atoms with Gasteiger partial charge >= 0.3 is 5.97 Å². The van der Waals surface area contributed by atoms with E-state index >= 15 is 0 Å². The van der Waals surface area contributed by atoms with E-state index in [1.807, 2.05) is 6.92 Å². The predicted octanol–water partition coefficient (Wildman–Crippen LogP) is 2.02. The predicted molar refractivity (Wildman–Crippen MR) is 79.4 cm³/mol. The molecule has 0 radical (unpaired) electrons. The zero-order valence-corrected chi connectivity index (χ0v) is 12.8. The molecule has 0 aliphatic heterocycles. The molecule has 1 amide bonds. The van der Waals surface area contributed by atoms with Crippen molar-refractivity contribution in [3.63, 3.8) is 0 Å². The lowest BCUT2D eigenvalue weighted by molar-refractivity contribution is -0.142. The maximum Gasteiger partial charge on any atom is 0.326 e. The zero-order chi connectivity index (χ0) is 16.7. The zero-order valence-electron chi connectivity index (χ0n) is 12.8. The first-order valence-corrected chi connectivity index (χ1v) is 7.47. The summed E-state index contributed by atoms with van der Waals surface area (Å²) in [4.78, 5) is 27.1. The van der Waals surface area contributed by atoms with Crippen LogP contribution < -0.4 is 5.32 Å². The molecule has 23 heavy (non-hydrogen) atoms. The maximum absolute atomic E-state index is 11.9. The van der Waals surface area contributed by atoms with Crippen LogP contribution in [0.1, 0.15) is 38.5 Å². The standard InChI is InChI=1S/C15H19N3O5/c1-2-3-4-11(15(20)21)16-12(19)5-6-13-17-14(18-23-13)10-7-8-22-9-10/h7-9,11H,2-6H2,1H3,(H,16,19)(H,20,21). The summed E-state index contributed by atoms with van der Waals surface area (Å²) in [6.07, 6.45) is 5.36. The highest BCUT2D eigenvalue weighted by Crippen LogP contribution is 2.16. The number of nitrogens with one attached hydrogen (secondary N) is 1. The Kier molecular flexibility index (Phi) is 5.90. The van der Waals surface area contributed by atoms with Gasteiger partial charge in [0.25, 0.3) is 0 Å². The molecule has 124 valence electrons. The topological polar surface area (TPSA) is 118 Å². The average molecular weight is 321 g/mol. The Morgan fingerprint density at radius 3 is 2.91 bits per heavy atom. The maximum atomic E-state index is 11.9. The summed E-state index contributed by atoms with van der Waals surface area (Å²) in [5.41, 5.74) is 0.690. The number of carbonyl (C=O) groups is 2. The number of unbranched alkanes of at least 4 members (excludes halogenated alkanes) is 1. The van der Waals surface area contributed by atoms with Crippen LogP contribution in [0.2, 0.25) is 0 Å². The second kappa shape index (κ2) is 8.11. The number of hydrogen-bond donors (Lipinski definition) is 2. The molecule has 1 unspecified atom stereocenters. The van der Waals surface area contributed by atoms with E-state index in [1.165, 1.54) is 12.5 Å². The first-order valence-electron chi connectivity index (χ1n) is 7.47. The van der Waals surface area contributed by atoms with Crippen molar-refractivity contribution in [1.29, 1.82) is 0 Å². The van der Waals surface area contributed by atoms with Gasteiger partial charge in [-0.25, -0.2) is 4.79 Å². The second-order valence-corrected chi connectivity index (χ2v) is 5.12. The van der Waals surface area contributed by atoms with Crippen molar-refractivity contribution in [1.82, 2.24) is 15.5 Å². The molecule has 0 aliphatic carbocycles. The molecule has 2 heterocycles. The van der Waals surface area contributed by atoms with Gasteiger partial charge in [0.05, 0.1) is 11.8 Å². The summed E-state index contributed by atoms with van der Waals surface area (Å²) in [6.45, 7) is 1.97. The van der Waals surface area contributed by atoms with Crippen molar-refractivity contribution >= 4 is 11.9 Å². The molecule has 2 aromatic rings. The van der Waals surface area contributed by atoms with Gasteiger partial charge in [-0.1, -0.05) is 24.9 Å². The van der Waals surface area contributed by atoms with Gasteiger partial charge < -0.3 is 19.4 Å². The Balaban J connectivity index is 1.83. The quantitative estimate of drug-likeness (QED) is 0.725. The Hall–Kier alpha value is -2.64. The smallest absolute Gasteiger partial charge is 0.326 e. The minimum absolute atomic E-state index is 0.0862. The summed E-state index contributed by atoms with van der Waals surface area (Å²) in [7, 11) is 0. The largest absolute Gasteiger partial charge is 0.480 e. The van der Waals surface area contributed by atoms with Crippen LogP contribution >= 0.6 is 0 Å². The van der Waals surface area contributed by atoms with Gasteiger partial charge in [0.1, 0.15) is 12.3 Å². The molecule has 0 saturated carbocycles. The molecule has 0 aromatic carbocycles. The Morgan fingerprint density at radius 2 is 2.26 bits per heavy atom. The first kappa shape index (κ1) is 16.7. The molecule has 1 atom stereocenters. The number of hydrogen-bond acceptors (Lipinski definition) is 6. The molecule has 0 spiro atoms. The molecule has 0 fully saturated rings. The number of nitrogens with zero attached hydrogens (tertiary/aromatic N) is 2. The molecular formula is C15H19N3O5. The number of furan rings is 1. The van der Waals surface area contributed by atoms with Crippen molar-refractivity contribution in [3.05, 3.63) is 24.5 Å². The SMILES string of the molecule is CCCCC(NC(=O)CCc1nc(-c2ccoc2)no1)C(=O)O. The minimum Gasteiger partial charge on any atom is -0.480 e. The fourth-order valence-corrected chi connectivity index (χ4v) is 2.02. The highest BCUT2D eigenvalue weighted by atomic mass is 16.5. The molecule has 0 saturated heterocycles. The molecule has 8 heteroatoms. The number of aryl methyl sites for hydroxylation is 1. The van der Waals surface area contributed by atoms with Crippen LogP contribution in [-0.4, -0.2) is 33.2 Å². The monoisotopic (exact) mass is 321 g/mol. The normalized spacial score (nSPS) is 12.0. The number of carboxylic acids is 1. The first-order chi connectivity index (χ1) is 11.1. The van der Waals surface area contributed by atoms with E-state index < -0.39 is 12.0 Å². The number of carboxylic acid groups (broad SMARTS) is 1. The van der Waals surface area contributed by atoms with Gasteiger partial charge in [-0.05, 0) is 12.5 Å². The average Bonchev–Trinajstić information content (AvgIpc) is 3.19. The van der Waals surface area contributed by atoms with Gasteiger partial charge in [-0.15, -0.1) is 0 Å². The summed E-state index contributed by atoms with van der Waals surface area (Å²) >= 11 is 0. The molecule has 8 nitrogen and oxygen atoms in total. The van der Waals surface area contributed by atoms with Crippen LogP contribution in [0.3, 0.4) is 0 Å². The third kappa shape index (κ3) is 4.94. The van der Waals surface area contributed by atoms with Crippen LogP contribution in [0.25, 0.3) is 11.4 Å². The van der Waals surface area contributed by atoms with Crippen LogP contribution in [0, 0.1) is 0 Å². The van der Waals surface area contributed by atoms with Gasteiger partial charge in [-0.2, -0.15) is 4.98 Å². The van der Waals surface area contributed by atoms with Gasteiger partial charge in [0.2, 0.25) is 17.6 Å². The van der Waals surface area contributed by atoms with Crippen molar-refractivity contribution < 1.29 is 23.6 Å². The third-order valence-corrected chi connectivity index (χ3v) is 3.29. The van der Waals surface area contributed by atoms with E-state index in [0.29, 0.717) is 23.7 Å². The van der Waals surface area contributed by atoms with Crippen molar-refractivity contribution in [2.45, 2.75) is 45.1 Å². The number of rotatable bonds is 9. The Labute approximate surface area is 132 Å². The lowest BCUT2D eigenvalue weighted by Gasteiger charge is -2.13. The highest BCUT2D eigenvalue weighted by molar-refractivity contribution is 5.83. The van der Waals surface area contributed by atoms with Crippen molar-refractivity contribution in [2.24, 2.45) is 0 Å². The van der Waals surface area contributed by atoms with E-state index in [1.54, 1.807) is 6.07 Å². The van der Waals surface area contributed by atoms with Gasteiger partial charge in [-0.3, -0.25) is 4.79 Å². The number of carbonyl (C=O) groups excluding carboxylic acids is 1. The summed E-state index contributed by atoms with van der Waals surface area (Å²) in [5, 5.41) is 15.4. The highest BCUT2D eigenvalue weighted by Gasteiger charge is 2.19. The number of aromatic nitrogens is 2. The lowest BCUT2D eigenvalue weighted by Crippen LogP contribution is -2.40. The van der Waals surface area contributed by atoms with Crippen molar-refractivity contribution in [3.8, 4) is 11.4 Å². The van der Waals surface area contributed by atoms with Gasteiger partial charge in [0, 0.05) is 12.8 Å². The fourth-order valence-electron chi connectivity index (χ4n) is 2.02. The van der Waals surface area contributed by atoms with Crippen LogP contribution in [0.4, 0.5) is 0 Å². The van der Waals surface area contributed by atoms with Gasteiger partial charge in [0.15, 0.2) is 0 Å². The van der Waals surface area contributed by atoms with E-state index in [4.69, 9.17) is 14.0 Å². The Bertz CT molecular complexity index is 635. The molecule has 2 aromatic heterocycles. The third-order valence-electron chi connectivity index (χ3n) is 3.29. The van der Waals surface area contributed by atoms with Crippen molar-refractivity contribution in [2.75, 3.05) is 0 Å². The van der Waals surface area contributed by atoms with Crippen LogP contribution in [-0.2, 0) is 16.0 Å². The number of aliphatic carboxylic acids is 1. The summed E-state index contributed by atoms with van der Waals surface area (Å²) in [6, 6.07) is 0.846. The van der Waals surface area contributed by atoms with E-state index in [2.05, 4.69) is 15.5 Å². The van der Waals surface area contributed by atoms with Crippen LogP contribution in [0.15, 0.2) is 27.5 Å². The summed E-state index contributed by atoms with van der Waals surface area (Å²) < 4.78 is 9.99. The van der Waals surface area contributed by atoms with E-state index in [-0.39, 0.29) is 18.7 Å². The molecule has 2 rings (SSSR count). The molecule has 0 aliphatic rings. The van der Waals surface area contributed by atoms with Crippen LogP contribution in [0.5, 0.6) is 0 Å². The van der Waals surface area contributed by atoms with E-state index in [9.17, 15) is 9.59 Å². The molecular weight excluding hydrogens is 302 g/mol. The Morgan fingerprint density at radius 1 is 1.43 bits per heavy atom. The minimum atomic E-state index is -1.02. The fraction of sp³-hybridized carbons (Fsp3) is 0.467. The molecule has 2 N–H and O–H groups in total. The van der Waals surface area contributed by atoms with E-state index in [0.717, 1.165) is 12.8 Å². The second-order valence-electron chi connectivity index (χ2n) is 5.12. The summed E-state index contributed by atoms with van der Waals surface area (Å²) in [5.74, 6) is -0.666. The number of amides is 1. The lowest BCUT2D eigenvalue weighted by atomic mass is 10.1. The molecule has 0 bridgehead atoms.